The molecule has 1 heterocycles. The van der Waals surface area contributed by atoms with Crippen molar-refractivity contribution in [1.29, 1.82) is 0 Å². The lowest BCUT2D eigenvalue weighted by atomic mass is 10.2. The van der Waals surface area contributed by atoms with Gasteiger partial charge in [-0.15, -0.1) is 0 Å². The highest BCUT2D eigenvalue weighted by atomic mass is 16.5. The van der Waals surface area contributed by atoms with Crippen molar-refractivity contribution in [1.82, 2.24) is 10.2 Å². The van der Waals surface area contributed by atoms with E-state index >= 15 is 0 Å². The Balaban J connectivity index is 2.31. The topological polar surface area (TPSA) is 119 Å². The minimum absolute atomic E-state index is 0.135. The van der Waals surface area contributed by atoms with Gasteiger partial charge in [0.2, 0.25) is 0 Å². The normalized spacial score (nSPS) is 22.2. The van der Waals surface area contributed by atoms with Gasteiger partial charge in [-0.05, 0) is 12.8 Å². The van der Waals surface area contributed by atoms with Crippen LogP contribution in [-0.4, -0.2) is 77.3 Å². The van der Waals surface area contributed by atoms with Crippen molar-refractivity contribution >= 4 is 12.0 Å². The fourth-order valence-electron chi connectivity index (χ4n) is 1.91. The number of amides is 2. The lowest BCUT2D eigenvalue weighted by Gasteiger charge is -2.22. The van der Waals surface area contributed by atoms with Gasteiger partial charge in [0, 0.05) is 19.6 Å². The van der Waals surface area contributed by atoms with Crippen LogP contribution in [0.25, 0.3) is 0 Å². The molecule has 1 aliphatic rings. The highest BCUT2D eigenvalue weighted by Gasteiger charge is 2.30. The lowest BCUT2D eigenvalue weighted by molar-refractivity contribution is -0.149. The van der Waals surface area contributed by atoms with Crippen LogP contribution < -0.4 is 5.32 Å². The van der Waals surface area contributed by atoms with Crippen molar-refractivity contribution in [2.45, 2.75) is 25.0 Å². The van der Waals surface area contributed by atoms with Crippen molar-refractivity contribution in [3.63, 3.8) is 0 Å². The molecule has 19 heavy (non-hydrogen) atoms. The summed E-state index contributed by atoms with van der Waals surface area (Å²) in [5.74, 6) is -0.990. The molecule has 0 radical (unpaired) electrons. The van der Waals surface area contributed by atoms with E-state index in [1.807, 2.05) is 0 Å². The molecule has 1 rings (SSSR count). The Labute approximate surface area is 111 Å². The quantitative estimate of drug-likeness (QED) is 0.455. The highest BCUT2D eigenvalue weighted by molar-refractivity contribution is 5.74. The summed E-state index contributed by atoms with van der Waals surface area (Å²) in [5, 5.41) is 29.0. The van der Waals surface area contributed by atoms with Crippen LogP contribution in [0.3, 0.4) is 0 Å². The number of aliphatic carboxylic acids is 1. The van der Waals surface area contributed by atoms with E-state index in [0.29, 0.717) is 12.8 Å². The third-order valence-electron chi connectivity index (χ3n) is 2.89. The Bertz CT molecular complexity index is 306. The average Bonchev–Trinajstić information content (AvgIpc) is 2.84. The Morgan fingerprint density at radius 2 is 1.84 bits per heavy atom. The number of ether oxygens (including phenoxy) is 1. The summed E-state index contributed by atoms with van der Waals surface area (Å²) in [4.78, 5) is 23.7. The summed E-state index contributed by atoms with van der Waals surface area (Å²) in [7, 11) is 0. The van der Waals surface area contributed by atoms with Crippen LogP contribution in [0.1, 0.15) is 12.8 Å². The molecule has 1 fully saturated rings. The summed E-state index contributed by atoms with van der Waals surface area (Å²) >= 11 is 0. The van der Waals surface area contributed by atoms with E-state index in [-0.39, 0.29) is 39.0 Å². The van der Waals surface area contributed by atoms with Gasteiger partial charge in [0.05, 0.1) is 19.3 Å². The van der Waals surface area contributed by atoms with Gasteiger partial charge in [-0.2, -0.15) is 0 Å². The van der Waals surface area contributed by atoms with Crippen LogP contribution in [0.5, 0.6) is 0 Å². The Morgan fingerprint density at radius 1 is 1.21 bits per heavy atom. The highest BCUT2D eigenvalue weighted by Crippen LogP contribution is 2.19. The third-order valence-corrected chi connectivity index (χ3v) is 2.89. The molecule has 0 aliphatic carbocycles. The summed E-state index contributed by atoms with van der Waals surface area (Å²) in [5.41, 5.74) is 0. The summed E-state index contributed by atoms with van der Waals surface area (Å²) in [6, 6.07) is -0.412. The molecule has 4 N–H and O–H groups in total. The molecule has 0 aromatic rings. The molecule has 1 aliphatic heterocycles. The fraction of sp³-hybridized carbons (Fsp3) is 0.818. The number of carboxylic acid groups (broad SMARTS) is 1. The first-order valence-electron chi connectivity index (χ1n) is 6.21. The van der Waals surface area contributed by atoms with E-state index in [1.54, 1.807) is 0 Å². The second-order valence-electron chi connectivity index (χ2n) is 4.28. The van der Waals surface area contributed by atoms with Crippen molar-refractivity contribution in [3.8, 4) is 0 Å². The van der Waals surface area contributed by atoms with E-state index in [4.69, 9.17) is 20.1 Å². The molecule has 2 unspecified atom stereocenters. The van der Waals surface area contributed by atoms with Crippen LogP contribution in [-0.2, 0) is 9.53 Å². The Kier molecular flexibility index (Phi) is 6.54. The first-order valence-corrected chi connectivity index (χ1v) is 6.21. The van der Waals surface area contributed by atoms with Gasteiger partial charge in [-0.1, -0.05) is 0 Å². The molecule has 0 aromatic carbocycles. The molecule has 0 spiro atoms. The average molecular weight is 276 g/mol. The SMILES string of the molecule is O=C(O)C1CCC(CNC(=O)N(CCO)CCO)O1. The minimum Gasteiger partial charge on any atom is -0.479 e. The molecule has 110 valence electrons. The summed E-state index contributed by atoms with van der Waals surface area (Å²) in [6.45, 7) is 0.115. The number of hydrogen-bond donors (Lipinski definition) is 4. The molecular weight excluding hydrogens is 256 g/mol. The van der Waals surface area contributed by atoms with E-state index in [1.165, 1.54) is 4.90 Å². The van der Waals surface area contributed by atoms with Gasteiger partial charge in [0.25, 0.3) is 0 Å². The predicted molar refractivity (Wildman–Crippen MR) is 64.7 cm³/mol. The zero-order valence-corrected chi connectivity index (χ0v) is 10.6. The van der Waals surface area contributed by atoms with Gasteiger partial charge in [-0.25, -0.2) is 9.59 Å². The van der Waals surface area contributed by atoms with Gasteiger partial charge in [0.15, 0.2) is 6.10 Å². The number of urea groups is 1. The third kappa shape index (κ3) is 5.01. The predicted octanol–water partition coefficient (Wildman–Crippen LogP) is -1.39. The molecule has 0 aromatic heterocycles. The Hall–Kier alpha value is -1.38. The molecule has 2 atom stereocenters. The first kappa shape index (κ1) is 15.7. The van der Waals surface area contributed by atoms with Crippen molar-refractivity contribution in [2.24, 2.45) is 0 Å². The van der Waals surface area contributed by atoms with E-state index < -0.39 is 18.1 Å². The zero-order chi connectivity index (χ0) is 14.3. The molecule has 1 saturated heterocycles. The van der Waals surface area contributed by atoms with E-state index in [0.717, 1.165) is 0 Å². The second kappa shape index (κ2) is 7.93. The number of carbonyl (C=O) groups is 2. The smallest absolute Gasteiger partial charge is 0.332 e. The number of nitrogens with one attached hydrogen (secondary N) is 1. The van der Waals surface area contributed by atoms with Crippen molar-refractivity contribution in [2.75, 3.05) is 32.8 Å². The lowest BCUT2D eigenvalue weighted by Crippen LogP contribution is -2.45. The van der Waals surface area contributed by atoms with Crippen LogP contribution in [0.15, 0.2) is 0 Å². The first-order chi connectivity index (χ1) is 9.08. The van der Waals surface area contributed by atoms with Crippen LogP contribution >= 0.6 is 0 Å². The summed E-state index contributed by atoms with van der Waals surface area (Å²) in [6.07, 6.45) is -0.0903. The van der Waals surface area contributed by atoms with Crippen molar-refractivity contribution < 1.29 is 29.6 Å². The fourth-order valence-corrected chi connectivity index (χ4v) is 1.91. The number of carbonyl (C=O) groups excluding carboxylic acids is 1. The maximum Gasteiger partial charge on any atom is 0.332 e. The molecule has 0 saturated carbocycles. The maximum absolute atomic E-state index is 11.7. The molecule has 8 heteroatoms. The maximum atomic E-state index is 11.7. The van der Waals surface area contributed by atoms with Crippen molar-refractivity contribution in [3.05, 3.63) is 0 Å². The molecule has 0 bridgehead atoms. The largest absolute Gasteiger partial charge is 0.479 e. The van der Waals surface area contributed by atoms with Crippen LogP contribution in [0.2, 0.25) is 0 Å². The molecular formula is C11H20N2O6. The van der Waals surface area contributed by atoms with Gasteiger partial charge in [-0.3, -0.25) is 0 Å². The number of nitrogens with zero attached hydrogens (tertiary/aromatic N) is 1. The molecule has 8 nitrogen and oxygen atoms in total. The van der Waals surface area contributed by atoms with Gasteiger partial charge >= 0.3 is 12.0 Å². The van der Waals surface area contributed by atoms with Gasteiger partial charge < -0.3 is 30.3 Å². The second-order valence-corrected chi connectivity index (χ2v) is 4.28. The van der Waals surface area contributed by atoms with Gasteiger partial charge in [0.1, 0.15) is 0 Å². The summed E-state index contributed by atoms with van der Waals surface area (Å²) < 4.78 is 5.24. The number of hydrogen-bond acceptors (Lipinski definition) is 5. The number of aliphatic hydroxyl groups is 2. The number of rotatable bonds is 7. The monoisotopic (exact) mass is 276 g/mol. The molecule has 2 amide bonds. The standard InChI is InChI=1S/C11H20N2O6/c14-5-3-13(4-6-15)11(18)12-7-8-1-2-9(19-8)10(16)17/h8-9,14-15H,1-7H2,(H,12,18)(H,16,17). The minimum atomic E-state index is -0.990. The zero-order valence-electron chi connectivity index (χ0n) is 10.6. The number of aliphatic hydroxyl groups excluding tert-OH is 2. The number of carboxylic acids is 1. The Morgan fingerprint density at radius 3 is 2.32 bits per heavy atom. The van der Waals surface area contributed by atoms with E-state index in [9.17, 15) is 9.59 Å². The van der Waals surface area contributed by atoms with E-state index in [2.05, 4.69) is 5.32 Å². The van der Waals surface area contributed by atoms with Crippen LogP contribution in [0.4, 0.5) is 4.79 Å². The van der Waals surface area contributed by atoms with Crippen LogP contribution in [0, 0.1) is 0 Å².